The molecule has 0 radical (unpaired) electrons. The van der Waals surface area contributed by atoms with Crippen LogP contribution in [0.5, 0.6) is 0 Å². The van der Waals surface area contributed by atoms with Crippen LogP contribution in [0.25, 0.3) is 0 Å². The summed E-state index contributed by atoms with van der Waals surface area (Å²) in [6.45, 7) is 6.26. The van der Waals surface area contributed by atoms with Crippen LogP contribution in [0.1, 0.15) is 25.3 Å². The second-order valence-electron chi connectivity index (χ2n) is 6.02. The fourth-order valence-corrected chi connectivity index (χ4v) is 2.76. The van der Waals surface area contributed by atoms with Gasteiger partial charge in [0.2, 0.25) is 0 Å². The van der Waals surface area contributed by atoms with Crippen molar-refractivity contribution < 1.29 is 9.47 Å². The van der Waals surface area contributed by atoms with Gasteiger partial charge in [0.15, 0.2) is 5.96 Å². The van der Waals surface area contributed by atoms with Crippen molar-refractivity contribution in [2.75, 3.05) is 46.6 Å². The highest BCUT2D eigenvalue weighted by atomic mass is 35.5. The van der Waals surface area contributed by atoms with Crippen molar-refractivity contribution in [1.82, 2.24) is 10.6 Å². The molecule has 0 aliphatic heterocycles. The molecule has 1 aliphatic carbocycles. The van der Waals surface area contributed by atoms with E-state index < -0.39 is 0 Å². The molecule has 1 aromatic rings. The highest BCUT2D eigenvalue weighted by molar-refractivity contribution is 6.30. The van der Waals surface area contributed by atoms with Crippen LogP contribution in [0.4, 0.5) is 0 Å². The van der Waals surface area contributed by atoms with Crippen LogP contribution in [-0.4, -0.2) is 52.5 Å². The van der Waals surface area contributed by atoms with Crippen LogP contribution >= 0.6 is 11.6 Å². The summed E-state index contributed by atoms with van der Waals surface area (Å²) in [4.78, 5) is 4.76. The Morgan fingerprint density at radius 3 is 2.75 bits per heavy atom. The lowest BCUT2D eigenvalue weighted by molar-refractivity contribution is 0.0733. The van der Waals surface area contributed by atoms with E-state index in [0.29, 0.717) is 19.8 Å². The largest absolute Gasteiger partial charge is 0.382 e. The monoisotopic (exact) mass is 353 g/mol. The summed E-state index contributed by atoms with van der Waals surface area (Å²) in [5.74, 6) is 0.834. The van der Waals surface area contributed by atoms with Crippen molar-refractivity contribution in [3.8, 4) is 0 Å². The maximum atomic E-state index is 6.13. The van der Waals surface area contributed by atoms with E-state index in [1.807, 2.05) is 12.1 Å². The number of nitrogens with one attached hydrogen (secondary N) is 2. The Balaban J connectivity index is 1.84. The molecule has 2 rings (SSSR count). The van der Waals surface area contributed by atoms with E-state index in [2.05, 4.69) is 29.7 Å². The van der Waals surface area contributed by atoms with Crippen LogP contribution in [0.2, 0.25) is 5.02 Å². The maximum absolute atomic E-state index is 6.13. The van der Waals surface area contributed by atoms with Gasteiger partial charge in [0.1, 0.15) is 0 Å². The standard InChI is InChI=1S/C18H28ClN3O2/c1-3-20-17(21-9-10-24-12-11-23-2)22-14-18(7-8-18)15-5-4-6-16(19)13-15/h4-6,13H,3,7-12,14H2,1-2H3,(H2,20,21,22). The molecule has 24 heavy (non-hydrogen) atoms. The molecule has 2 N–H and O–H groups in total. The Bertz CT molecular complexity index is 533. The Kier molecular flexibility index (Phi) is 7.82. The fourth-order valence-electron chi connectivity index (χ4n) is 2.57. The molecule has 0 amide bonds. The second kappa shape index (κ2) is 9.87. The molecular formula is C18H28ClN3O2. The summed E-state index contributed by atoms with van der Waals surface area (Å²) in [7, 11) is 1.67. The highest BCUT2D eigenvalue weighted by Crippen LogP contribution is 2.48. The van der Waals surface area contributed by atoms with Gasteiger partial charge in [-0.3, -0.25) is 4.99 Å². The van der Waals surface area contributed by atoms with Crippen LogP contribution < -0.4 is 10.6 Å². The summed E-state index contributed by atoms with van der Waals surface area (Å²) in [6, 6.07) is 8.15. The summed E-state index contributed by atoms with van der Waals surface area (Å²) in [6.07, 6.45) is 2.33. The molecule has 0 saturated heterocycles. The van der Waals surface area contributed by atoms with Crippen molar-refractivity contribution >= 4 is 17.6 Å². The number of rotatable bonds is 10. The van der Waals surface area contributed by atoms with Crippen LogP contribution in [0.3, 0.4) is 0 Å². The molecule has 1 saturated carbocycles. The molecule has 0 unspecified atom stereocenters. The van der Waals surface area contributed by atoms with Crippen molar-refractivity contribution in [3.05, 3.63) is 34.9 Å². The zero-order valence-corrected chi connectivity index (χ0v) is 15.4. The van der Waals surface area contributed by atoms with Crippen molar-refractivity contribution in [2.24, 2.45) is 4.99 Å². The first kappa shape index (κ1) is 19.0. The quantitative estimate of drug-likeness (QED) is 0.385. The highest BCUT2D eigenvalue weighted by Gasteiger charge is 2.44. The Hall–Kier alpha value is -1.30. The minimum absolute atomic E-state index is 0.155. The van der Waals surface area contributed by atoms with E-state index in [4.69, 9.17) is 26.1 Å². The molecule has 1 aliphatic rings. The fraction of sp³-hybridized carbons (Fsp3) is 0.611. The molecule has 0 bridgehead atoms. The van der Waals surface area contributed by atoms with Gasteiger partial charge >= 0.3 is 0 Å². The molecule has 6 heteroatoms. The number of hydrogen-bond acceptors (Lipinski definition) is 3. The molecule has 1 fully saturated rings. The third-order valence-electron chi connectivity index (χ3n) is 4.15. The predicted molar refractivity (Wildman–Crippen MR) is 99.0 cm³/mol. The Morgan fingerprint density at radius 1 is 1.25 bits per heavy atom. The third kappa shape index (κ3) is 5.96. The zero-order valence-electron chi connectivity index (χ0n) is 14.6. The predicted octanol–water partition coefficient (Wildman–Crippen LogP) is 2.59. The van der Waals surface area contributed by atoms with Crippen LogP contribution in [-0.2, 0) is 14.9 Å². The van der Waals surface area contributed by atoms with Crippen LogP contribution in [0, 0.1) is 0 Å². The van der Waals surface area contributed by atoms with E-state index in [0.717, 1.165) is 43.5 Å². The zero-order chi connectivity index (χ0) is 17.3. The lowest BCUT2D eigenvalue weighted by Crippen LogP contribution is -2.39. The van der Waals surface area contributed by atoms with Crippen molar-refractivity contribution in [3.63, 3.8) is 0 Å². The topological polar surface area (TPSA) is 54.9 Å². The van der Waals surface area contributed by atoms with Gasteiger partial charge in [-0.1, -0.05) is 23.7 Å². The average Bonchev–Trinajstić information content (AvgIpc) is 3.37. The van der Waals surface area contributed by atoms with E-state index in [-0.39, 0.29) is 5.41 Å². The van der Waals surface area contributed by atoms with E-state index in [1.165, 1.54) is 5.56 Å². The molecular weight excluding hydrogens is 326 g/mol. The molecule has 5 nitrogen and oxygen atoms in total. The van der Waals surface area contributed by atoms with Crippen molar-refractivity contribution in [1.29, 1.82) is 0 Å². The number of aliphatic imine (C=N–C) groups is 1. The second-order valence-corrected chi connectivity index (χ2v) is 6.45. The first-order chi connectivity index (χ1) is 11.7. The number of nitrogens with zero attached hydrogens (tertiary/aromatic N) is 1. The molecule has 0 atom stereocenters. The minimum Gasteiger partial charge on any atom is -0.382 e. The van der Waals surface area contributed by atoms with Gasteiger partial charge in [-0.15, -0.1) is 0 Å². The molecule has 0 heterocycles. The van der Waals surface area contributed by atoms with Crippen LogP contribution in [0.15, 0.2) is 29.3 Å². The van der Waals surface area contributed by atoms with E-state index >= 15 is 0 Å². The van der Waals surface area contributed by atoms with Gasteiger partial charge in [-0.25, -0.2) is 0 Å². The minimum atomic E-state index is 0.155. The number of methoxy groups -OCH3 is 1. The lowest BCUT2D eigenvalue weighted by atomic mass is 9.96. The summed E-state index contributed by atoms with van der Waals surface area (Å²) >= 11 is 6.13. The summed E-state index contributed by atoms with van der Waals surface area (Å²) in [5, 5.41) is 7.38. The van der Waals surface area contributed by atoms with E-state index in [1.54, 1.807) is 7.11 Å². The lowest BCUT2D eigenvalue weighted by Gasteiger charge is -2.16. The smallest absolute Gasteiger partial charge is 0.191 e. The molecule has 1 aromatic carbocycles. The number of benzene rings is 1. The third-order valence-corrected chi connectivity index (χ3v) is 4.38. The van der Waals surface area contributed by atoms with Gasteiger partial charge in [-0.2, -0.15) is 0 Å². The Morgan fingerprint density at radius 2 is 2.08 bits per heavy atom. The normalized spacial score (nSPS) is 16.0. The average molecular weight is 354 g/mol. The number of ether oxygens (including phenoxy) is 2. The van der Waals surface area contributed by atoms with Gasteiger partial charge in [0.25, 0.3) is 0 Å². The first-order valence-corrected chi connectivity index (χ1v) is 8.93. The first-order valence-electron chi connectivity index (χ1n) is 8.55. The number of guanidine groups is 1. The SMILES string of the molecule is CCNC(=NCC1(c2cccc(Cl)c2)CC1)NCCOCCOC. The molecule has 0 spiro atoms. The molecule has 134 valence electrons. The van der Waals surface area contributed by atoms with Gasteiger partial charge in [0.05, 0.1) is 26.4 Å². The maximum Gasteiger partial charge on any atom is 0.191 e. The summed E-state index contributed by atoms with van der Waals surface area (Å²) in [5.41, 5.74) is 1.44. The van der Waals surface area contributed by atoms with Crippen molar-refractivity contribution in [2.45, 2.75) is 25.2 Å². The van der Waals surface area contributed by atoms with Gasteiger partial charge in [-0.05, 0) is 37.5 Å². The number of hydrogen-bond donors (Lipinski definition) is 2. The molecule has 0 aromatic heterocycles. The van der Waals surface area contributed by atoms with Gasteiger partial charge in [0, 0.05) is 30.6 Å². The van der Waals surface area contributed by atoms with E-state index in [9.17, 15) is 0 Å². The summed E-state index contributed by atoms with van der Waals surface area (Å²) < 4.78 is 10.4. The number of halogens is 1. The van der Waals surface area contributed by atoms with Gasteiger partial charge < -0.3 is 20.1 Å². The Labute approximate surface area is 149 Å².